The SMILES string of the molecule is O=S(=O)(c1ccc(F)cc1)C1CCN(S(=O)(=O)c2ccc(Cl)s2)CC1. The molecule has 0 spiro atoms. The van der Waals surface area contributed by atoms with E-state index in [4.69, 9.17) is 11.6 Å². The van der Waals surface area contributed by atoms with Gasteiger partial charge < -0.3 is 0 Å². The molecule has 2 heterocycles. The Kier molecular flexibility index (Phi) is 5.23. The van der Waals surface area contributed by atoms with E-state index >= 15 is 0 Å². The largest absolute Gasteiger partial charge is 0.252 e. The van der Waals surface area contributed by atoms with Crippen LogP contribution in [0.15, 0.2) is 45.5 Å². The fourth-order valence-electron chi connectivity index (χ4n) is 2.76. The van der Waals surface area contributed by atoms with Gasteiger partial charge in [0, 0.05) is 13.1 Å². The van der Waals surface area contributed by atoms with E-state index in [1.807, 2.05) is 0 Å². The smallest absolute Gasteiger partial charge is 0.223 e. The predicted molar refractivity (Wildman–Crippen MR) is 94.7 cm³/mol. The summed E-state index contributed by atoms with van der Waals surface area (Å²) in [5.41, 5.74) is 0. The fourth-order valence-corrected chi connectivity index (χ4v) is 7.60. The third-order valence-electron chi connectivity index (χ3n) is 4.12. The lowest BCUT2D eigenvalue weighted by molar-refractivity contribution is 0.346. The Labute approximate surface area is 155 Å². The van der Waals surface area contributed by atoms with Gasteiger partial charge in [0.1, 0.15) is 10.0 Å². The molecule has 1 aliphatic rings. The van der Waals surface area contributed by atoms with E-state index in [2.05, 4.69) is 0 Å². The van der Waals surface area contributed by atoms with Gasteiger partial charge in [0.25, 0.3) is 10.0 Å². The maximum Gasteiger partial charge on any atom is 0.252 e. The number of hydrogen-bond donors (Lipinski definition) is 0. The number of sulfonamides is 1. The van der Waals surface area contributed by atoms with Crippen molar-refractivity contribution >= 4 is 42.8 Å². The standard InChI is InChI=1S/C15H15ClFNO4S3/c16-14-5-6-15(23-14)25(21,22)18-9-7-13(8-10-18)24(19,20)12-3-1-11(17)2-4-12/h1-6,13H,7-10H2. The summed E-state index contributed by atoms with van der Waals surface area (Å²) in [5.74, 6) is -0.505. The Morgan fingerprint density at radius 2 is 1.60 bits per heavy atom. The number of hydrogen-bond acceptors (Lipinski definition) is 5. The van der Waals surface area contributed by atoms with Crippen LogP contribution >= 0.6 is 22.9 Å². The summed E-state index contributed by atoms with van der Waals surface area (Å²) in [6, 6.07) is 7.65. The van der Waals surface area contributed by atoms with Crippen LogP contribution in [0.2, 0.25) is 4.34 Å². The third kappa shape index (κ3) is 3.75. The van der Waals surface area contributed by atoms with Crippen LogP contribution in [-0.4, -0.2) is 39.5 Å². The molecule has 1 aromatic carbocycles. The van der Waals surface area contributed by atoms with Crippen LogP contribution in [0, 0.1) is 5.82 Å². The molecule has 0 N–H and O–H groups in total. The molecule has 0 atom stereocenters. The number of thiophene rings is 1. The van der Waals surface area contributed by atoms with Gasteiger partial charge in [0.15, 0.2) is 9.84 Å². The van der Waals surface area contributed by atoms with Gasteiger partial charge >= 0.3 is 0 Å². The number of rotatable bonds is 4. The van der Waals surface area contributed by atoms with Crippen LogP contribution in [0.4, 0.5) is 4.39 Å². The van der Waals surface area contributed by atoms with E-state index in [1.54, 1.807) is 0 Å². The molecule has 0 bridgehead atoms. The lowest BCUT2D eigenvalue weighted by Gasteiger charge is -2.30. The molecular weight excluding hydrogens is 409 g/mol. The van der Waals surface area contributed by atoms with E-state index in [1.165, 1.54) is 28.6 Å². The number of halogens is 2. The molecule has 0 radical (unpaired) electrons. The lowest BCUT2D eigenvalue weighted by atomic mass is 10.2. The second kappa shape index (κ2) is 6.96. The molecule has 1 aromatic heterocycles. The molecule has 5 nitrogen and oxygen atoms in total. The Morgan fingerprint density at radius 3 is 2.12 bits per heavy atom. The highest BCUT2D eigenvalue weighted by atomic mass is 35.5. The zero-order valence-corrected chi connectivity index (χ0v) is 16.1. The molecule has 136 valence electrons. The summed E-state index contributed by atoms with van der Waals surface area (Å²) in [6.45, 7) is 0.228. The van der Waals surface area contributed by atoms with Gasteiger partial charge in [-0.1, -0.05) is 11.6 Å². The summed E-state index contributed by atoms with van der Waals surface area (Å²) in [6.07, 6.45) is 0.385. The first-order valence-electron chi connectivity index (χ1n) is 7.46. The Hall–Kier alpha value is -1.000. The molecule has 3 rings (SSSR count). The van der Waals surface area contributed by atoms with Gasteiger partial charge in [-0.3, -0.25) is 0 Å². The molecule has 10 heteroatoms. The first kappa shape index (κ1) is 18.8. The maximum absolute atomic E-state index is 13.0. The Balaban J connectivity index is 1.74. The molecule has 25 heavy (non-hydrogen) atoms. The molecule has 2 aromatic rings. The van der Waals surface area contributed by atoms with Gasteiger partial charge in [-0.15, -0.1) is 11.3 Å². The van der Waals surface area contributed by atoms with Crippen molar-refractivity contribution in [1.29, 1.82) is 0 Å². The molecule has 0 amide bonds. The van der Waals surface area contributed by atoms with E-state index in [-0.39, 0.29) is 35.0 Å². The van der Waals surface area contributed by atoms with Gasteiger partial charge in [0.05, 0.1) is 14.5 Å². The number of benzene rings is 1. The van der Waals surface area contributed by atoms with Gasteiger partial charge in [-0.25, -0.2) is 21.2 Å². The highest BCUT2D eigenvalue weighted by Crippen LogP contribution is 2.31. The summed E-state index contributed by atoms with van der Waals surface area (Å²) < 4.78 is 65.1. The van der Waals surface area contributed by atoms with E-state index in [0.717, 1.165) is 23.5 Å². The second-order valence-electron chi connectivity index (χ2n) is 5.66. The van der Waals surface area contributed by atoms with E-state index in [9.17, 15) is 21.2 Å². The van der Waals surface area contributed by atoms with E-state index < -0.39 is 30.9 Å². The molecule has 1 fully saturated rings. The first-order valence-corrected chi connectivity index (χ1v) is 11.6. The summed E-state index contributed by atoms with van der Waals surface area (Å²) in [5, 5.41) is -0.684. The molecule has 0 saturated carbocycles. The summed E-state index contributed by atoms with van der Waals surface area (Å²) >= 11 is 6.77. The van der Waals surface area contributed by atoms with Gasteiger partial charge in [0.2, 0.25) is 0 Å². The Bertz CT molecular complexity index is 962. The normalized spacial score (nSPS) is 17.7. The second-order valence-corrected chi connectivity index (χ2v) is 11.8. The van der Waals surface area contributed by atoms with Crippen molar-refractivity contribution in [1.82, 2.24) is 4.31 Å². The van der Waals surface area contributed by atoms with Gasteiger partial charge in [-0.2, -0.15) is 4.31 Å². The van der Waals surface area contributed by atoms with Crippen LogP contribution < -0.4 is 0 Å². The minimum absolute atomic E-state index is 0.0558. The number of sulfone groups is 1. The quantitative estimate of drug-likeness (QED) is 0.708. The summed E-state index contributed by atoms with van der Waals surface area (Å²) in [4.78, 5) is 0.0558. The zero-order chi connectivity index (χ0) is 18.2. The van der Waals surface area contributed by atoms with Crippen LogP contribution in [-0.2, 0) is 19.9 Å². The summed E-state index contributed by atoms with van der Waals surface area (Å²) in [7, 11) is -7.27. The van der Waals surface area contributed by atoms with Crippen molar-refractivity contribution in [2.24, 2.45) is 0 Å². The number of piperidine rings is 1. The van der Waals surface area contributed by atoms with Crippen LogP contribution in [0.25, 0.3) is 0 Å². The highest BCUT2D eigenvalue weighted by molar-refractivity contribution is 7.92. The molecule has 1 saturated heterocycles. The monoisotopic (exact) mass is 423 g/mol. The first-order chi connectivity index (χ1) is 11.7. The molecule has 0 unspecified atom stereocenters. The van der Waals surface area contributed by atoms with Crippen molar-refractivity contribution in [3.05, 3.63) is 46.6 Å². The third-order valence-corrected chi connectivity index (χ3v) is 10.0. The molecular formula is C15H15ClFNO4S3. The van der Waals surface area contributed by atoms with Crippen LogP contribution in [0.1, 0.15) is 12.8 Å². The van der Waals surface area contributed by atoms with Crippen molar-refractivity contribution in [3.8, 4) is 0 Å². The topological polar surface area (TPSA) is 71.5 Å². The minimum Gasteiger partial charge on any atom is -0.223 e. The van der Waals surface area contributed by atoms with Gasteiger partial charge in [-0.05, 0) is 49.2 Å². The zero-order valence-electron chi connectivity index (χ0n) is 12.9. The highest BCUT2D eigenvalue weighted by Gasteiger charge is 2.36. The van der Waals surface area contributed by atoms with E-state index in [0.29, 0.717) is 4.34 Å². The predicted octanol–water partition coefficient (Wildman–Crippen LogP) is 3.17. The average Bonchev–Trinajstić information content (AvgIpc) is 3.03. The maximum atomic E-state index is 13.0. The fraction of sp³-hybridized carbons (Fsp3) is 0.333. The van der Waals surface area contributed by atoms with Crippen molar-refractivity contribution in [3.63, 3.8) is 0 Å². The number of nitrogens with zero attached hydrogens (tertiary/aromatic N) is 1. The van der Waals surface area contributed by atoms with Crippen LogP contribution in [0.3, 0.4) is 0 Å². The molecule has 1 aliphatic heterocycles. The van der Waals surface area contributed by atoms with Crippen LogP contribution in [0.5, 0.6) is 0 Å². The molecule has 0 aliphatic carbocycles. The lowest BCUT2D eigenvalue weighted by Crippen LogP contribution is -2.42. The van der Waals surface area contributed by atoms with Crippen molar-refractivity contribution < 1.29 is 21.2 Å². The van der Waals surface area contributed by atoms with Crippen molar-refractivity contribution in [2.75, 3.05) is 13.1 Å². The average molecular weight is 424 g/mol. The Morgan fingerprint density at radius 1 is 1.00 bits per heavy atom. The van der Waals surface area contributed by atoms with Crippen molar-refractivity contribution in [2.45, 2.75) is 27.2 Å². The minimum atomic E-state index is -3.66.